The molecule has 1 rings (SSSR count). The molecule has 0 spiro atoms. The number of halogens is 1. The molecule has 1 aromatic rings. The van der Waals surface area contributed by atoms with Gasteiger partial charge in [-0.15, -0.1) is 0 Å². The molecule has 56 valence electrons. The van der Waals surface area contributed by atoms with Crippen LogP contribution >= 0.6 is 15.9 Å². The Morgan fingerprint density at radius 1 is 1.60 bits per heavy atom. The Hall–Kier alpha value is -0.280. The Balaban J connectivity index is 2.49. The second-order valence-electron chi connectivity index (χ2n) is 2.11. The summed E-state index contributed by atoms with van der Waals surface area (Å²) >= 11 is 3.29. The average molecular weight is 204 g/mol. The molecule has 0 saturated heterocycles. The molecule has 1 heterocycles. The topological polar surface area (TPSA) is 39.2 Å². The standard InChI is InChI=1S/C7H10BrNO/c8-7-6(2-1-4-9)3-5-10-7/h3,5H,1-2,4,9H2. The van der Waals surface area contributed by atoms with Crippen LogP contribution in [0, 0.1) is 0 Å². The Labute approximate surface area is 68.5 Å². The van der Waals surface area contributed by atoms with Gasteiger partial charge in [0.25, 0.3) is 0 Å². The summed E-state index contributed by atoms with van der Waals surface area (Å²) in [5.74, 6) is 0. The highest BCUT2D eigenvalue weighted by Crippen LogP contribution is 2.18. The molecule has 0 atom stereocenters. The number of hydrogen-bond acceptors (Lipinski definition) is 2. The molecule has 2 N–H and O–H groups in total. The van der Waals surface area contributed by atoms with E-state index in [1.807, 2.05) is 6.07 Å². The minimum Gasteiger partial charge on any atom is -0.457 e. The fourth-order valence-corrected chi connectivity index (χ4v) is 1.23. The zero-order chi connectivity index (χ0) is 7.40. The zero-order valence-corrected chi connectivity index (χ0v) is 7.23. The second-order valence-corrected chi connectivity index (χ2v) is 2.83. The minimum atomic E-state index is 0.734. The van der Waals surface area contributed by atoms with Crippen LogP contribution in [-0.4, -0.2) is 6.54 Å². The predicted octanol–water partition coefficient (Wildman–Crippen LogP) is 1.93. The fourth-order valence-electron chi connectivity index (χ4n) is 0.791. The predicted molar refractivity (Wildman–Crippen MR) is 43.8 cm³/mol. The van der Waals surface area contributed by atoms with Gasteiger partial charge < -0.3 is 10.2 Å². The molecule has 0 amide bonds. The van der Waals surface area contributed by atoms with Crippen LogP contribution in [0.25, 0.3) is 0 Å². The number of hydrogen-bond donors (Lipinski definition) is 1. The third-order valence-corrected chi connectivity index (χ3v) is 2.04. The van der Waals surface area contributed by atoms with Crippen molar-refractivity contribution < 1.29 is 4.42 Å². The van der Waals surface area contributed by atoms with Gasteiger partial charge in [-0.2, -0.15) is 0 Å². The van der Waals surface area contributed by atoms with Crippen LogP contribution in [0.1, 0.15) is 12.0 Å². The van der Waals surface area contributed by atoms with Crippen LogP contribution in [0.3, 0.4) is 0 Å². The van der Waals surface area contributed by atoms with Crippen LogP contribution in [-0.2, 0) is 6.42 Å². The highest BCUT2D eigenvalue weighted by molar-refractivity contribution is 9.10. The maximum atomic E-state index is 5.35. The Morgan fingerprint density at radius 2 is 2.40 bits per heavy atom. The molecule has 0 unspecified atom stereocenters. The third-order valence-electron chi connectivity index (χ3n) is 1.34. The third kappa shape index (κ3) is 1.85. The lowest BCUT2D eigenvalue weighted by molar-refractivity contribution is 0.536. The van der Waals surface area contributed by atoms with E-state index in [0.717, 1.165) is 24.1 Å². The quantitative estimate of drug-likeness (QED) is 0.816. The molecule has 0 bridgehead atoms. The molecule has 10 heavy (non-hydrogen) atoms. The Bertz CT molecular complexity index is 197. The molecule has 0 radical (unpaired) electrons. The minimum absolute atomic E-state index is 0.734. The van der Waals surface area contributed by atoms with E-state index in [1.165, 1.54) is 5.56 Å². The van der Waals surface area contributed by atoms with Crippen LogP contribution < -0.4 is 5.73 Å². The monoisotopic (exact) mass is 203 g/mol. The maximum absolute atomic E-state index is 5.35. The van der Waals surface area contributed by atoms with Crippen LogP contribution in [0.4, 0.5) is 0 Å². The van der Waals surface area contributed by atoms with E-state index in [2.05, 4.69) is 15.9 Å². The number of aryl methyl sites for hydroxylation is 1. The van der Waals surface area contributed by atoms with Crippen molar-refractivity contribution >= 4 is 15.9 Å². The second kappa shape index (κ2) is 3.78. The van der Waals surface area contributed by atoms with Gasteiger partial charge in [-0.25, -0.2) is 0 Å². The molecule has 3 heteroatoms. The number of furan rings is 1. The van der Waals surface area contributed by atoms with E-state index in [9.17, 15) is 0 Å². The molecule has 2 nitrogen and oxygen atoms in total. The van der Waals surface area contributed by atoms with Gasteiger partial charge in [0.1, 0.15) is 0 Å². The van der Waals surface area contributed by atoms with Crippen molar-refractivity contribution in [2.75, 3.05) is 6.54 Å². The van der Waals surface area contributed by atoms with Crippen molar-refractivity contribution in [2.24, 2.45) is 5.73 Å². The highest BCUT2D eigenvalue weighted by atomic mass is 79.9. The van der Waals surface area contributed by atoms with Crippen molar-refractivity contribution in [1.82, 2.24) is 0 Å². The van der Waals surface area contributed by atoms with Crippen molar-refractivity contribution in [3.05, 3.63) is 22.6 Å². The normalized spacial score (nSPS) is 10.2. The first-order chi connectivity index (χ1) is 4.84. The summed E-state index contributed by atoms with van der Waals surface area (Å²) in [6.07, 6.45) is 3.68. The van der Waals surface area contributed by atoms with E-state index in [-0.39, 0.29) is 0 Å². The lowest BCUT2D eigenvalue weighted by Crippen LogP contribution is -1.99. The molecule has 0 fully saturated rings. The first kappa shape index (κ1) is 7.82. The molecule has 0 aliphatic rings. The average Bonchev–Trinajstić information content (AvgIpc) is 2.31. The van der Waals surface area contributed by atoms with Crippen molar-refractivity contribution in [2.45, 2.75) is 12.8 Å². The molecular weight excluding hydrogens is 194 g/mol. The van der Waals surface area contributed by atoms with Crippen molar-refractivity contribution in [3.63, 3.8) is 0 Å². The Morgan fingerprint density at radius 3 is 2.90 bits per heavy atom. The van der Waals surface area contributed by atoms with Gasteiger partial charge in [0.2, 0.25) is 0 Å². The fraction of sp³-hybridized carbons (Fsp3) is 0.429. The first-order valence-corrected chi connectivity index (χ1v) is 4.06. The van der Waals surface area contributed by atoms with Crippen molar-refractivity contribution in [1.29, 1.82) is 0 Å². The molecular formula is C7H10BrNO. The highest BCUT2D eigenvalue weighted by Gasteiger charge is 2.00. The van der Waals surface area contributed by atoms with Gasteiger partial charge in [-0.05, 0) is 41.4 Å². The molecule has 0 aliphatic carbocycles. The molecule has 1 aromatic heterocycles. The van der Waals surface area contributed by atoms with Gasteiger partial charge in [0.05, 0.1) is 6.26 Å². The summed E-state index contributed by atoms with van der Waals surface area (Å²) in [5.41, 5.74) is 6.55. The zero-order valence-electron chi connectivity index (χ0n) is 5.64. The largest absolute Gasteiger partial charge is 0.457 e. The van der Waals surface area contributed by atoms with E-state index in [0.29, 0.717) is 0 Å². The summed E-state index contributed by atoms with van der Waals surface area (Å²) < 4.78 is 5.87. The summed E-state index contributed by atoms with van der Waals surface area (Å²) in [6, 6.07) is 1.96. The Kier molecular flexibility index (Phi) is 2.96. The lowest BCUT2D eigenvalue weighted by Gasteiger charge is -1.93. The van der Waals surface area contributed by atoms with E-state index in [4.69, 9.17) is 10.2 Å². The van der Waals surface area contributed by atoms with Gasteiger partial charge in [-0.3, -0.25) is 0 Å². The van der Waals surface area contributed by atoms with Gasteiger partial charge in [-0.1, -0.05) is 0 Å². The van der Waals surface area contributed by atoms with Gasteiger partial charge in [0.15, 0.2) is 4.67 Å². The number of nitrogens with two attached hydrogens (primary N) is 1. The number of rotatable bonds is 3. The van der Waals surface area contributed by atoms with Gasteiger partial charge in [0, 0.05) is 5.56 Å². The maximum Gasteiger partial charge on any atom is 0.172 e. The SMILES string of the molecule is NCCCc1ccoc1Br. The van der Waals surface area contributed by atoms with E-state index >= 15 is 0 Å². The smallest absolute Gasteiger partial charge is 0.172 e. The van der Waals surface area contributed by atoms with Crippen molar-refractivity contribution in [3.8, 4) is 0 Å². The van der Waals surface area contributed by atoms with Crippen LogP contribution in [0.2, 0.25) is 0 Å². The molecule has 0 aromatic carbocycles. The summed E-state index contributed by atoms with van der Waals surface area (Å²) in [6.45, 7) is 0.734. The summed E-state index contributed by atoms with van der Waals surface area (Å²) in [5, 5.41) is 0. The van der Waals surface area contributed by atoms with E-state index in [1.54, 1.807) is 6.26 Å². The first-order valence-electron chi connectivity index (χ1n) is 3.26. The lowest BCUT2D eigenvalue weighted by atomic mass is 10.2. The summed E-state index contributed by atoms with van der Waals surface area (Å²) in [7, 11) is 0. The molecule has 0 saturated carbocycles. The van der Waals surface area contributed by atoms with Crippen LogP contribution in [0.5, 0.6) is 0 Å². The summed E-state index contributed by atoms with van der Waals surface area (Å²) in [4.78, 5) is 0. The van der Waals surface area contributed by atoms with Gasteiger partial charge >= 0.3 is 0 Å². The molecule has 0 aliphatic heterocycles. The van der Waals surface area contributed by atoms with Crippen LogP contribution in [0.15, 0.2) is 21.4 Å². The van der Waals surface area contributed by atoms with E-state index < -0.39 is 0 Å².